The Morgan fingerprint density at radius 3 is 2.84 bits per heavy atom. The fraction of sp³-hybridized carbons (Fsp3) is 0.0556. The van der Waals surface area contributed by atoms with Crippen molar-refractivity contribution < 1.29 is 9.53 Å². The van der Waals surface area contributed by atoms with Crippen LogP contribution in [0.5, 0.6) is 5.75 Å². The molecule has 2 heterocycles. The average Bonchev–Trinajstić information content (AvgIpc) is 3.22. The summed E-state index contributed by atoms with van der Waals surface area (Å²) in [4.78, 5) is 20.7. The van der Waals surface area contributed by atoms with Crippen molar-refractivity contribution in [3.8, 4) is 5.75 Å². The van der Waals surface area contributed by atoms with E-state index < -0.39 is 0 Å². The highest BCUT2D eigenvalue weighted by Crippen LogP contribution is 2.22. The normalized spacial score (nSPS) is 15.3. The molecule has 1 aliphatic heterocycles. The van der Waals surface area contributed by atoms with Gasteiger partial charge in [-0.2, -0.15) is 0 Å². The highest BCUT2D eigenvalue weighted by atomic mass is 32.1. The van der Waals surface area contributed by atoms with E-state index in [1.54, 1.807) is 30.0 Å². The van der Waals surface area contributed by atoms with Gasteiger partial charge in [0.15, 0.2) is 0 Å². The van der Waals surface area contributed by atoms with Crippen LogP contribution in [-0.2, 0) is 4.79 Å². The molecule has 2 N–H and O–H groups in total. The second-order valence-electron chi connectivity index (χ2n) is 5.38. The number of hydrogen-bond acceptors (Lipinski definition) is 6. The molecule has 0 saturated heterocycles. The summed E-state index contributed by atoms with van der Waals surface area (Å²) in [5.74, 6) is 0.933. The predicted molar refractivity (Wildman–Crippen MR) is 99.8 cm³/mol. The molecule has 1 amide bonds. The third kappa shape index (κ3) is 3.22. The SMILES string of the molecule is COc1ccc(NC2=N/C(=C\c3ccc4ncsc4c3)C(=O)N2)cc1. The minimum Gasteiger partial charge on any atom is -0.497 e. The van der Waals surface area contributed by atoms with Crippen LogP contribution in [-0.4, -0.2) is 24.0 Å². The maximum absolute atomic E-state index is 12.1. The number of anilines is 1. The van der Waals surface area contributed by atoms with Gasteiger partial charge in [-0.3, -0.25) is 10.1 Å². The van der Waals surface area contributed by atoms with Gasteiger partial charge in [0.05, 0.1) is 22.8 Å². The van der Waals surface area contributed by atoms with E-state index in [1.165, 1.54) is 0 Å². The lowest BCUT2D eigenvalue weighted by Gasteiger charge is -2.06. The lowest BCUT2D eigenvalue weighted by Crippen LogP contribution is -2.29. The molecule has 7 heteroatoms. The van der Waals surface area contributed by atoms with Gasteiger partial charge >= 0.3 is 0 Å². The van der Waals surface area contributed by atoms with Crippen molar-refractivity contribution >= 4 is 45.2 Å². The summed E-state index contributed by atoms with van der Waals surface area (Å²) < 4.78 is 6.20. The summed E-state index contributed by atoms with van der Waals surface area (Å²) in [5, 5.41) is 5.80. The second-order valence-corrected chi connectivity index (χ2v) is 6.26. The number of hydrogen-bond donors (Lipinski definition) is 2. The molecule has 3 aromatic rings. The molecule has 0 saturated carbocycles. The Kier molecular flexibility index (Phi) is 3.91. The minimum atomic E-state index is -0.236. The molecule has 1 aliphatic rings. The third-order valence-electron chi connectivity index (χ3n) is 3.71. The van der Waals surface area contributed by atoms with Crippen molar-refractivity contribution in [3.63, 3.8) is 0 Å². The highest BCUT2D eigenvalue weighted by molar-refractivity contribution is 7.16. The molecule has 0 aliphatic carbocycles. The monoisotopic (exact) mass is 350 g/mol. The first-order valence-electron chi connectivity index (χ1n) is 7.57. The average molecular weight is 350 g/mol. The molecule has 124 valence electrons. The van der Waals surface area contributed by atoms with Gasteiger partial charge in [0, 0.05) is 5.69 Å². The Morgan fingerprint density at radius 2 is 2.04 bits per heavy atom. The molecule has 6 nitrogen and oxygen atoms in total. The number of ether oxygens (including phenoxy) is 1. The topological polar surface area (TPSA) is 75.6 Å². The number of nitrogens with one attached hydrogen (secondary N) is 2. The number of methoxy groups -OCH3 is 1. The molecule has 25 heavy (non-hydrogen) atoms. The lowest BCUT2D eigenvalue weighted by molar-refractivity contribution is -0.115. The fourth-order valence-electron chi connectivity index (χ4n) is 2.46. The molecule has 4 rings (SSSR count). The number of carbonyl (C=O) groups excluding carboxylic acids is 1. The molecule has 0 radical (unpaired) electrons. The zero-order chi connectivity index (χ0) is 17.2. The van der Waals surface area contributed by atoms with Crippen LogP contribution in [0.15, 0.2) is 58.7 Å². The van der Waals surface area contributed by atoms with Crippen molar-refractivity contribution in [2.24, 2.45) is 4.99 Å². The van der Waals surface area contributed by atoms with Crippen LogP contribution in [0.4, 0.5) is 5.69 Å². The number of rotatable bonds is 3. The molecule has 1 aromatic heterocycles. The van der Waals surface area contributed by atoms with Crippen molar-refractivity contribution in [3.05, 3.63) is 59.2 Å². The number of fused-ring (bicyclic) bond motifs is 1. The van der Waals surface area contributed by atoms with Gasteiger partial charge in [0.1, 0.15) is 11.4 Å². The predicted octanol–water partition coefficient (Wildman–Crippen LogP) is 3.24. The molecule has 0 spiro atoms. The smallest absolute Gasteiger partial charge is 0.276 e. The number of amides is 1. The maximum Gasteiger partial charge on any atom is 0.276 e. The first kappa shape index (κ1) is 15.3. The summed E-state index contributed by atoms with van der Waals surface area (Å²) in [6.45, 7) is 0. The molecule has 0 unspecified atom stereocenters. The van der Waals surface area contributed by atoms with E-state index >= 15 is 0 Å². The molecule has 0 atom stereocenters. The first-order valence-corrected chi connectivity index (χ1v) is 8.45. The van der Waals surface area contributed by atoms with Gasteiger partial charge < -0.3 is 10.1 Å². The van der Waals surface area contributed by atoms with E-state index in [0.29, 0.717) is 11.7 Å². The van der Waals surface area contributed by atoms with Crippen molar-refractivity contribution in [1.82, 2.24) is 10.3 Å². The molecule has 0 fully saturated rings. The Balaban J connectivity index is 1.56. The van der Waals surface area contributed by atoms with Gasteiger partial charge in [-0.05, 0) is 48.0 Å². The van der Waals surface area contributed by atoms with Crippen LogP contribution in [0.3, 0.4) is 0 Å². The fourth-order valence-corrected chi connectivity index (χ4v) is 3.18. The zero-order valence-electron chi connectivity index (χ0n) is 13.3. The summed E-state index contributed by atoms with van der Waals surface area (Å²) in [5.41, 5.74) is 4.84. The number of benzene rings is 2. The maximum atomic E-state index is 12.1. The van der Waals surface area contributed by atoms with E-state index in [1.807, 2.05) is 42.5 Å². The Bertz CT molecular complexity index is 1010. The van der Waals surface area contributed by atoms with Crippen LogP contribution in [0.1, 0.15) is 5.56 Å². The number of aromatic nitrogens is 1. The standard InChI is InChI=1S/C18H14N4O2S/c1-24-13-5-3-12(4-6-13)20-18-21-15(17(23)22-18)8-11-2-7-14-16(9-11)25-10-19-14/h2-10H,1H3,(H2,20,21,22,23)/b15-8-. The van der Waals surface area contributed by atoms with Crippen molar-refractivity contribution in [2.45, 2.75) is 0 Å². The molecular formula is C18H14N4O2S. The number of carbonyl (C=O) groups is 1. The van der Waals surface area contributed by atoms with Gasteiger partial charge in [-0.25, -0.2) is 9.98 Å². The number of thiazole rings is 1. The number of nitrogens with zero attached hydrogens (tertiary/aromatic N) is 2. The summed E-state index contributed by atoms with van der Waals surface area (Å²) in [6, 6.07) is 13.2. The highest BCUT2D eigenvalue weighted by Gasteiger charge is 2.20. The van der Waals surface area contributed by atoms with Crippen molar-refractivity contribution in [1.29, 1.82) is 0 Å². The Labute approximate surface area is 147 Å². The molecular weight excluding hydrogens is 336 g/mol. The van der Waals surface area contributed by atoms with Crippen LogP contribution in [0.2, 0.25) is 0 Å². The van der Waals surface area contributed by atoms with Crippen LogP contribution >= 0.6 is 11.3 Å². The molecule has 2 aromatic carbocycles. The van der Waals surface area contributed by atoms with E-state index in [2.05, 4.69) is 20.6 Å². The summed E-state index contributed by atoms with van der Waals surface area (Å²) >= 11 is 1.57. The summed E-state index contributed by atoms with van der Waals surface area (Å²) in [7, 11) is 1.62. The van der Waals surface area contributed by atoms with E-state index in [9.17, 15) is 4.79 Å². The lowest BCUT2D eigenvalue weighted by atomic mass is 10.2. The Morgan fingerprint density at radius 1 is 1.20 bits per heavy atom. The first-order chi connectivity index (χ1) is 12.2. The quantitative estimate of drug-likeness (QED) is 0.711. The van der Waals surface area contributed by atoms with Gasteiger partial charge in [-0.1, -0.05) is 6.07 Å². The van der Waals surface area contributed by atoms with E-state index in [-0.39, 0.29) is 5.91 Å². The van der Waals surface area contributed by atoms with Crippen LogP contribution in [0, 0.1) is 0 Å². The second kappa shape index (κ2) is 6.37. The number of aliphatic imine (C=N–C) groups is 1. The van der Waals surface area contributed by atoms with Gasteiger partial charge in [0.2, 0.25) is 5.96 Å². The number of guanidine groups is 1. The zero-order valence-corrected chi connectivity index (χ0v) is 14.1. The van der Waals surface area contributed by atoms with Gasteiger partial charge in [0.25, 0.3) is 5.91 Å². The van der Waals surface area contributed by atoms with E-state index in [0.717, 1.165) is 27.2 Å². The minimum absolute atomic E-state index is 0.236. The van der Waals surface area contributed by atoms with Crippen LogP contribution in [0.25, 0.3) is 16.3 Å². The van der Waals surface area contributed by atoms with E-state index in [4.69, 9.17) is 4.74 Å². The van der Waals surface area contributed by atoms with Crippen molar-refractivity contribution in [2.75, 3.05) is 12.4 Å². The summed E-state index contributed by atoms with van der Waals surface area (Å²) in [6.07, 6.45) is 1.76. The largest absolute Gasteiger partial charge is 0.497 e. The Hall–Kier alpha value is -3.19. The van der Waals surface area contributed by atoms with Crippen LogP contribution < -0.4 is 15.4 Å². The third-order valence-corrected chi connectivity index (χ3v) is 4.50. The molecule has 0 bridgehead atoms. The van der Waals surface area contributed by atoms with Gasteiger partial charge in [-0.15, -0.1) is 11.3 Å².